The van der Waals surface area contributed by atoms with E-state index in [1.807, 2.05) is 22.7 Å². The third kappa shape index (κ3) is 2.16. The maximum absolute atomic E-state index is 4.75. The first-order chi connectivity index (χ1) is 10.1. The van der Waals surface area contributed by atoms with Crippen LogP contribution in [0.15, 0.2) is 48.5 Å². The Kier molecular flexibility index (Phi) is 3.58. The van der Waals surface area contributed by atoms with Gasteiger partial charge < -0.3 is 0 Å². The predicted molar refractivity (Wildman–Crippen MR) is 87.7 cm³/mol. The summed E-state index contributed by atoms with van der Waals surface area (Å²) in [5, 5.41) is 7.18. The van der Waals surface area contributed by atoms with Crippen LogP contribution in [0.25, 0.3) is 27.3 Å². The van der Waals surface area contributed by atoms with E-state index in [1.54, 1.807) is 0 Å². The van der Waals surface area contributed by atoms with Crippen LogP contribution in [0, 0.1) is 6.07 Å². The Morgan fingerprint density at radius 1 is 1.00 bits per heavy atom. The number of hydrogen-bond acceptors (Lipinski definition) is 1. The molecule has 0 bridgehead atoms. The molecule has 0 atom stereocenters. The number of nitrogens with zero attached hydrogens (tertiary/aromatic N) is 2. The molecule has 0 unspecified atom stereocenters. The van der Waals surface area contributed by atoms with Crippen LogP contribution in [0.1, 0.15) is 26.3 Å². The number of benzene rings is 2. The number of hydrogen-bond donors (Lipinski definition) is 0. The molecular formula is C19H17IrN2-. The van der Waals surface area contributed by atoms with Crippen molar-refractivity contribution in [2.75, 3.05) is 0 Å². The fraction of sp³-hybridized carbons (Fsp3) is 0.211. The predicted octanol–water partition coefficient (Wildman–Crippen LogP) is 4.74. The van der Waals surface area contributed by atoms with Gasteiger partial charge in [0, 0.05) is 25.5 Å². The van der Waals surface area contributed by atoms with Crippen LogP contribution in [-0.4, -0.2) is 9.61 Å². The Hall–Kier alpha value is -1.70. The first kappa shape index (κ1) is 15.2. The summed E-state index contributed by atoms with van der Waals surface area (Å²) in [6.45, 7) is 6.76. The summed E-state index contributed by atoms with van der Waals surface area (Å²) >= 11 is 0. The van der Waals surface area contributed by atoms with Crippen LogP contribution >= 0.6 is 0 Å². The zero-order valence-corrected chi connectivity index (χ0v) is 15.2. The summed E-state index contributed by atoms with van der Waals surface area (Å²) < 4.78 is 2.02. The molecule has 4 rings (SSSR count). The molecule has 2 nitrogen and oxygen atoms in total. The van der Waals surface area contributed by atoms with Crippen molar-refractivity contribution >= 4 is 27.3 Å². The summed E-state index contributed by atoms with van der Waals surface area (Å²) in [7, 11) is 0. The molecular weight excluding hydrogens is 448 g/mol. The van der Waals surface area contributed by atoms with Crippen molar-refractivity contribution in [3.63, 3.8) is 0 Å². The maximum Gasteiger partial charge on any atom is 0.0933 e. The Balaban J connectivity index is 0.00000144. The van der Waals surface area contributed by atoms with Crippen LogP contribution in [0.5, 0.6) is 0 Å². The van der Waals surface area contributed by atoms with Crippen molar-refractivity contribution in [2.45, 2.75) is 26.2 Å². The van der Waals surface area contributed by atoms with Crippen LogP contribution in [-0.2, 0) is 25.5 Å². The minimum absolute atomic E-state index is 0. The van der Waals surface area contributed by atoms with Gasteiger partial charge in [-0.3, -0.25) is 4.52 Å². The molecule has 0 amide bonds. The Morgan fingerprint density at radius 3 is 2.50 bits per heavy atom. The van der Waals surface area contributed by atoms with E-state index in [0.717, 1.165) is 16.6 Å². The van der Waals surface area contributed by atoms with Gasteiger partial charge in [0.15, 0.2) is 0 Å². The minimum Gasteiger partial charge on any atom is -0.257 e. The SMILES string of the molecule is CC(C)(C)c1cc2c3ccccc3nn2c2[c-]cccc12.[Ir]. The van der Waals surface area contributed by atoms with E-state index in [-0.39, 0.29) is 25.5 Å². The van der Waals surface area contributed by atoms with Gasteiger partial charge in [-0.15, -0.1) is 5.39 Å². The van der Waals surface area contributed by atoms with Gasteiger partial charge in [0.2, 0.25) is 0 Å². The summed E-state index contributed by atoms with van der Waals surface area (Å²) in [6, 6.07) is 20.1. The zero-order chi connectivity index (χ0) is 14.6. The smallest absolute Gasteiger partial charge is 0.0933 e. The summed E-state index contributed by atoms with van der Waals surface area (Å²) in [6.07, 6.45) is 0. The van der Waals surface area contributed by atoms with Crippen LogP contribution in [0.3, 0.4) is 0 Å². The van der Waals surface area contributed by atoms with Gasteiger partial charge in [0.25, 0.3) is 0 Å². The van der Waals surface area contributed by atoms with E-state index in [0.29, 0.717) is 0 Å². The molecule has 113 valence electrons. The fourth-order valence-electron chi connectivity index (χ4n) is 3.02. The molecule has 2 aromatic carbocycles. The van der Waals surface area contributed by atoms with Crippen molar-refractivity contribution in [1.29, 1.82) is 0 Å². The van der Waals surface area contributed by atoms with Crippen molar-refractivity contribution < 1.29 is 20.1 Å². The van der Waals surface area contributed by atoms with Gasteiger partial charge in [-0.1, -0.05) is 44.5 Å². The largest absolute Gasteiger partial charge is 0.257 e. The number of fused-ring (bicyclic) bond motifs is 5. The standard InChI is InChI=1S/C19H17N2.Ir/c1-19(2,3)15-12-18-14-9-4-6-10-16(14)20-21(18)17-11-7-5-8-13(15)17;/h4-10,12H,1-3H3;/q-1;. The molecule has 0 saturated heterocycles. The number of pyridine rings is 1. The number of para-hydroxylation sites is 1. The molecule has 22 heavy (non-hydrogen) atoms. The average molecular weight is 466 g/mol. The number of aromatic nitrogens is 2. The van der Waals surface area contributed by atoms with Gasteiger partial charge in [-0.05, 0) is 23.1 Å². The summed E-state index contributed by atoms with van der Waals surface area (Å²) in [4.78, 5) is 0. The van der Waals surface area contributed by atoms with Gasteiger partial charge in [0.1, 0.15) is 0 Å². The molecule has 0 aliphatic heterocycles. The van der Waals surface area contributed by atoms with Crippen molar-refractivity contribution in [3.05, 3.63) is 60.2 Å². The molecule has 1 radical (unpaired) electrons. The molecule has 0 aliphatic rings. The second kappa shape index (κ2) is 5.19. The first-order valence-corrected chi connectivity index (χ1v) is 7.27. The second-order valence-corrected chi connectivity index (χ2v) is 6.55. The molecule has 0 spiro atoms. The fourth-order valence-corrected chi connectivity index (χ4v) is 3.02. The number of rotatable bonds is 0. The topological polar surface area (TPSA) is 17.3 Å². The van der Waals surface area contributed by atoms with Gasteiger partial charge in [0.05, 0.1) is 11.0 Å². The zero-order valence-electron chi connectivity index (χ0n) is 12.8. The van der Waals surface area contributed by atoms with E-state index in [2.05, 4.69) is 57.2 Å². The molecule has 2 aromatic heterocycles. The van der Waals surface area contributed by atoms with Crippen LogP contribution < -0.4 is 0 Å². The van der Waals surface area contributed by atoms with E-state index in [4.69, 9.17) is 5.10 Å². The molecule has 2 heterocycles. The molecule has 0 aliphatic carbocycles. The van der Waals surface area contributed by atoms with E-state index < -0.39 is 0 Å². The summed E-state index contributed by atoms with van der Waals surface area (Å²) in [5.41, 5.74) is 4.66. The first-order valence-electron chi connectivity index (χ1n) is 7.27. The van der Waals surface area contributed by atoms with Gasteiger partial charge >= 0.3 is 0 Å². The van der Waals surface area contributed by atoms with Crippen LogP contribution in [0.2, 0.25) is 0 Å². The van der Waals surface area contributed by atoms with Crippen LogP contribution in [0.4, 0.5) is 0 Å². The Morgan fingerprint density at radius 2 is 1.73 bits per heavy atom. The quantitative estimate of drug-likeness (QED) is 0.343. The molecule has 0 fully saturated rings. The van der Waals surface area contributed by atoms with Crippen molar-refractivity contribution in [2.24, 2.45) is 0 Å². The average Bonchev–Trinajstić information content (AvgIpc) is 2.84. The third-order valence-electron chi connectivity index (χ3n) is 4.04. The van der Waals surface area contributed by atoms with Crippen molar-refractivity contribution in [3.8, 4) is 0 Å². The second-order valence-electron chi connectivity index (χ2n) is 6.55. The Bertz CT molecular complexity index is 977. The molecule has 0 saturated carbocycles. The van der Waals surface area contributed by atoms with Crippen molar-refractivity contribution in [1.82, 2.24) is 9.61 Å². The molecule has 0 N–H and O–H groups in total. The van der Waals surface area contributed by atoms with Gasteiger partial charge in [-0.25, -0.2) is 0 Å². The maximum atomic E-state index is 4.75. The van der Waals surface area contributed by atoms with E-state index in [9.17, 15) is 0 Å². The molecule has 4 aromatic rings. The molecule has 3 heteroatoms. The van der Waals surface area contributed by atoms with E-state index in [1.165, 1.54) is 16.3 Å². The van der Waals surface area contributed by atoms with E-state index >= 15 is 0 Å². The third-order valence-corrected chi connectivity index (χ3v) is 4.04. The monoisotopic (exact) mass is 466 g/mol. The summed E-state index contributed by atoms with van der Waals surface area (Å²) in [5.74, 6) is 0. The van der Waals surface area contributed by atoms with Gasteiger partial charge in [-0.2, -0.15) is 29.4 Å². The minimum atomic E-state index is 0. The Labute approximate surface area is 143 Å². The normalized spacial score (nSPS) is 12.0.